The van der Waals surface area contributed by atoms with E-state index >= 15 is 0 Å². The van der Waals surface area contributed by atoms with Crippen molar-refractivity contribution in [1.82, 2.24) is 5.32 Å². The second-order valence-corrected chi connectivity index (χ2v) is 6.95. The van der Waals surface area contributed by atoms with Gasteiger partial charge < -0.3 is 20.5 Å². The average molecular weight is 422 g/mol. The topological polar surface area (TPSA) is 73.6 Å². The molecule has 0 atom stereocenters. The van der Waals surface area contributed by atoms with Gasteiger partial charge in [-0.15, -0.1) is 23.7 Å². The van der Waals surface area contributed by atoms with E-state index in [2.05, 4.69) is 21.2 Å². The number of methoxy groups -OCH3 is 1. The molecule has 5 nitrogen and oxygen atoms in total. The van der Waals surface area contributed by atoms with Gasteiger partial charge in [0.25, 0.3) is 5.91 Å². The van der Waals surface area contributed by atoms with Crippen LogP contribution in [0.4, 0.5) is 0 Å². The lowest BCUT2D eigenvalue weighted by molar-refractivity contribution is 0.0954. The predicted octanol–water partition coefficient (Wildman–Crippen LogP) is 3.21. The fraction of sp³-hybridized carbons (Fsp3) is 0.267. The minimum atomic E-state index is -0.183. The smallest absolute Gasteiger partial charge is 0.251 e. The van der Waals surface area contributed by atoms with Crippen LogP contribution in [0, 0.1) is 0 Å². The van der Waals surface area contributed by atoms with Crippen LogP contribution < -0.4 is 20.5 Å². The monoisotopic (exact) mass is 420 g/mol. The maximum atomic E-state index is 11.9. The van der Waals surface area contributed by atoms with Crippen molar-refractivity contribution in [3.63, 3.8) is 0 Å². The minimum Gasteiger partial charge on any atom is -0.493 e. The summed E-state index contributed by atoms with van der Waals surface area (Å²) >= 11 is 5.03. The molecule has 1 aromatic carbocycles. The quantitative estimate of drug-likeness (QED) is 0.720. The van der Waals surface area contributed by atoms with E-state index in [0.717, 1.165) is 8.66 Å². The maximum absolute atomic E-state index is 11.9. The second kappa shape index (κ2) is 9.77. The van der Waals surface area contributed by atoms with E-state index in [-0.39, 0.29) is 18.3 Å². The summed E-state index contributed by atoms with van der Waals surface area (Å²) in [5.41, 5.74) is 5.88. The third-order valence-corrected chi connectivity index (χ3v) is 4.45. The number of carbonyl (C=O) groups excluding carboxylic acids is 1. The molecule has 0 aliphatic carbocycles. The summed E-state index contributed by atoms with van der Waals surface area (Å²) in [7, 11) is 1.55. The third-order valence-electron chi connectivity index (χ3n) is 2.85. The number of nitrogens with one attached hydrogen (secondary N) is 1. The zero-order valence-corrected chi connectivity index (χ0v) is 15.7. The number of carbonyl (C=O) groups is 1. The third kappa shape index (κ3) is 5.69. The molecule has 0 radical (unpaired) electrons. The van der Waals surface area contributed by atoms with Gasteiger partial charge in [0.05, 0.1) is 10.9 Å². The standard InChI is InChI=1S/C15H17BrN2O3S.ClH/c1-20-13-8-10(15(19)18-7-6-17)2-4-12(13)21-9-11-3-5-14(16)22-11;/h2-5,8H,6-7,9,17H2,1H3,(H,18,19);1H. The molecule has 23 heavy (non-hydrogen) atoms. The summed E-state index contributed by atoms with van der Waals surface area (Å²) in [6.07, 6.45) is 0. The molecule has 126 valence electrons. The number of halogens is 2. The number of amides is 1. The largest absolute Gasteiger partial charge is 0.493 e. The second-order valence-electron chi connectivity index (χ2n) is 4.40. The van der Waals surface area contributed by atoms with E-state index in [9.17, 15) is 4.79 Å². The molecule has 0 aliphatic heterocycles. The summed E-state index contributed by atoms with van der Waals surface area (Å²) in [6, 6.07) is 9.07. The highest BCUT2D eigenvalue weighted by molar-refractivity contribution is 9.11. The van der Waals surface area contributed by atoms with Gasteiger partial charge >= 0.3 is 0 Å². The van der Waals surface area contributed by atoms with Gasteiger partial charge in [0, 0.05) is 23.5 Å². The van der Waals surface area contributed by atoms with Gasteiger partial charge in [-0.3, -0.25) is 4.79 Å². The molecule has 3 N–H and O–H groups in total. The lowest BCUT2D eigenvalue weighted by Crippen LogP contribution is -2.28. The van der Waals surface area contributed by atoms with E-state index in [1.807, 2.05) is 12.1 Å². The van der Waals surface area contributed by atoms with Crippen molar-refractivity contribution in [2.24, 2.45) is 5.73 Å². The molecule has 2 aromatic rings. The Morgan fingerprint density at radius 2 is 2.09 bits per heavy atom. The molecule has 0 spiro atoms. The average Bonchev–Trinajstić information content (AvgIpc) is 2.95. The van der Waals surface area contributed by atoms with Crippen LogP contribution in [0.5, 0.6) is 11.5 Å². The Morgan fingerprint density at radius 1 is 1.30 bits per heavy atom. The fourth-order valence-electron chi connectivity index (χ4n) is 1.79. The van der Waals surface area contributed by atoms with E-state index in [0.29, 0.717) is 36.8 Å². The van der Waals surface area contributed by atoms with Crippen LogP contribution in [0.3, 0.4) is 0 Å². The Hall–Kier alpha value is -1.28. The zero-order chi connectivity index (χ0) is 15.9. The van der Waals surface area contributed by atoms with Gasteiger partial charge in [-0.1, -0.05) is 0 Å². The molecule has 0 saturated heterocycles. The number of hydrogen-bond donors (Lipinski definition) is 2. The molecule has 2 rings (SSSR count). The molecule has 1 heterocycles. The highest BCUT2D eigenvalue weighted by Crippen LogP contribution is 2.30. The summed E-state index contributed by atoms with van der Waals surface area (Å²) in [5.74, 6) is 0.941. The Balaban J connectivity index is 0.00000264. The molecule has 1 amide bonds. The Kier molecular flexibility index (Phi) is 8.40. The number of nitrogens with two attached hydrogens (primary N) is 1. The first-order valence-electron chi connectivity index (χ1n) is 6.67. The first-order chi connectivity index (χ1) is 10.6. The number of ether oxygens (including phenoxy) is 2. The van der Waals surface area contributed by atoms with Crippen LogP contribution in [0.25, 0.3) is 0 Å². The zero-order valence-electron chi connectivity index (χ0n) is 12.5. The highest BCUT2D eigenvalue weighted by Gasteiger charge is 2.11. The number of rotatable bonds is 7. The summed E-state index contributed by atoms with van der Waals surface area (Å²) in [5, 5.41) is 2.72. The summed E-state index contributed by atoms with van der Waals surface area (Å²) in [4.78, 5) is 13.0. The van der Waals surface area contributed by atoms with Crippen molar-refractivity contribution >= 4 is 45.6 Å². The predicted molar refractivity (Wildman–Crippen MR) is 98.0 cm³/mol. The van der Waals surface area contributed by atoms with Crippen LogP contribution in [0.1, 0.15) is 15.2 Å². The molecule has 8 heteroatoms. The van der Waals surface area contributed by atoms with Crippen molar-refractivity contribution in [2.45, 2.75) is 6.61 Å². The minimum absolute atomic E-state index is 0. The summed E-state index contributed by atoms with van der Waals surface area (Å²) < 4.78 is 12.1. The van der Waals surface area contributed by atoms with Gasteiger partial charge in [-0.25, -0.2) is 0 Å². The molecule has 0 aliphatic rings. The van der Waals surface area contributed by atoms with E-state index in [1.165, 1.54) is 0 Å². The van der Waals surface area contributed by atoms with E-state index in [1.54, 1.807) is 36.6 Å². The number of hydrogen-bond acceptors (Lipinski definition) is 5. The Labute approximate surface area is 153 Å². The SMILES string of the molecule is COc1cc(C(=O)NCCN)ccc1OCc1ccc(Br)s1.Cl. The van der Waals surface area contributed by atoms with Crippen LogP contribution in [0.2, 0.25) is 0 Å². The van der Waals surface area contributed by atoms with Gasteiger partial charge in [0.2, 0.25) is 0 Å². The fourth-order valence-corrected chi connectivity index (χ4v) is 3.19. The van der Waals surface area contributed by atoms with Gasteiger partial charge in [-0.2, -0.15) is 0 Å². The summed E-state index contributed by atoms with van der Waals surface area (Å²) in [6.45, 7) is 1.29. The number of benzene rings is 1. The van der Waals surface area contributed by atoms with Crippen molar-refractivity contribution in [3.05, 3.63) is 44.6 Å². The maximum Gasteiger partial charge on any atom is 0.251 e. The molecule has 0 unspecified atom stereocenters. The molecule has 0 fully saturated rings. The van der Waals surface area contributed by atoms with Crippen LogP contribution >= 0.6 is 39.7 Å². The molecular formula is C15H18BrClN2O3S. The number of thiophene rings is 1. The van der Waals surface area contributed by atoms with Gasteiger partial charge in [-0.05, 0) is 46.3 Å². The first kappa shape index (κ1) is 19.8. The Morgan fingerprint density at radius 3 is 2.70 bits per heavy atom. The highest BCUT2D eigenvalue weighted by atomic mass is 79.9. The molecule has 0 saturated carbocycles. The van der Waals surface area contributed by atoms with Crippen molar-refractivity contribution in [1.29, 1.82) is 0 Å². The van der Waals surface area contributed by atoms with Gasteiger partial charge in [0.15, 0.2) is 11.5 Å². The molecule has 1 aromatic heterocycles. The van der Waals surface area contributed by atoms with Crippen molar-refractivity contribution in [2.75, 3.05) is 20.2 Å². The lowest BCUT2D eigenvalue weighted by atomic mass is 10.2. The van der Waals surface area contributed by atoms with Gasteiger partial charge in [0.1, 0.15) is 6.61 Å². The van der Waals surface area contributed by atoms with Crippen molar-refractivity contribution in [3.8, 4) is 11.5 Å². The molecule has 0 bridgehead atoms. The Bertz CT molecular complexity index is 651. The lowest BCUT2D eigenvalue weighted by Gasteiger charge is -2.11. The van der Waals surface area contributed by atoms with E-state index in [4.69, 9.17) is 15.2 Å². The van der Waals surface area contributed by atoms with Crippen LogP contribution in [0.15, 0.2) is 34.1 Å². The first-order valence-corrected chi connectivity index (χ1v) is 8.28. The van der Waals surface area contributed by atoms with Crippen LogP contribution in [-0.4, -0.2) is 26.1 Å². The van der Waals surface area contributed by atoms with E-state index < -0.39 is 0 Å². The normalized spacial score (nSPS) is 9.87. The molecular weight excluding hydrogens is 404 g/mol. The van der Waals surface area contributed by atoms with Crippen molar-refractivity contribution < 1.29 is 14.3 Å². The van der Waals surface area contributed by atoms with Crippen LogP contribution in [-0.2, 0) is 6.61 Å².